The molecule has 1 aliphatic heterocycles. The van der Waals surface area contributed by atoms with Crippen molar-refractivity contribution in [2.24, 2.45) is 5.92 Å². The summed E-state index contributed by atoms with van der Waals surface area (Å²) in [6, 6.07) is 13.4. The molecule has 7 heteroatoms. The van der Waals surface area contributed by atoms with E-state index < -0.39 is 23.8 Å². The van der Waals surface area contributed by atoms with E-state index in [9.17, 15) is 14.4 Å². The molecule has 1 aliphatic carbocycles. The summed E-state index contributed by atoms with van der Waals surface area (Å²) in [5.74, 6) is -3.21. The lowest BCUT2D eigenvalue weighted by Gasteiger charge is -2.39. The van der Waals surface area contributed by atoms with Crippen molar-refractivity contribution < 1.29 is 23.9 Å². The maximum absolute atomic E-state index is 14.0. The van der Waals surface area contributed by atoms with Gasteiger partial charge in [0.25, 0.3) is 0 Å². The molecule has 0 amide bonds. The van der Waals surface area contributed by atoms with Gasteiger partial charge in [-0.2, -0.15) is 0 Å². The van der Waals surface area contributed by atoms with Gasteiger partial charge in [-0.05, 0) is 44.2 Å². The molecule has 1 aromatic carbocycles. The summed E-state index contributed by atoms with van der Waals surface area (Å²) in [5.41, 5.74) is 3.18. The summed E-state index contributed by atoms with van der Waals surface area (Å²) in [6.07, 6.45) is 0.462. The Morgan fingerprint density at radius 1 is 1.06 bits per heavy atom. The Balaban J connectivity index is 1.86. The third-order valence-corrected chi connectivity index (χ3v) is 7.05. The summed E-state index contributed by atoms with van der Waals surface area (Å²) >= 11 is 1.47. The van der Waals surface area contributed by atoms with E-state index in [1.807, 2.05) is 54.8 Å². The van der Waals surface area contributed by atoms with Gasteiger partial charge in [-0.25, -0.2) is 4.79 Å². The highest BCUT2D eigenvalue weighted by molar-refractivity contribution is 7.10. The lowest BCUT2D eigenvalue weighted by atomic mass is 9.68. The average molecular weight is 466 g/mol. The number of Topliss-reactive ketones (excluding diaryl/α,β-unsaturated/α-hetero) is 1. The molecule has 3 atom stereocenters. The first kappa shape index (κ1) is 23.0. The highest BCUT2D eigenvalue weighted by Crippen LogP contribution is 2.48. The van der Waals surface area contributed by atoms with Crippen LogP contribution in [-0.2, 0) is 23.9 Å². The van der Waals surface area contributed by atoms with Crippen molar-refractivity contribution in [2.75, 3.05) is 13.2 Å². The van der Waals surface area contributed by atoms with Crippen LogP contribution in [0.15, 0.2) is 70.4 Å². The number of ether oxygens (including phenoxy) is 2. The molecule has 0 saturated carbocycles. The van der Waals surface area contributed by atoms with E-state index in [2.05, 4.69) is 5.32 Å². The zero-order valence-corrected chi connectivity index (χ0v) is 19.7. The van der Waals surface area contributed by atoms with Crippen molar-refractivity contribution in [2.45, 2.75) is 39.0 Å². The molecule has 0 radical (unpaired) electrons. The molecule has 0 fully saturated rings. The van der Waals surface area contributed by atoms with Gasteiger partial charge in [0.15, 0.2) is 5.78 Å². The normalized spacial score (nSPS) is 22.5. The monoisotopic (exact) mass is 465 g/mol. The Bertz CT molecular complexity index is 1120. The van der Waals surface area contributed by atoms with E-state index in [1.165, 1.54) is 11.3 Å². The lowest BCUT2D eigenvalue weighted by Crippen LogP contribution is -2.43. The first-order chi connectivity index (χ1) is 16.0. The molecule has 0 saturated heterocycles. The Labute approximate surface area is 197 Å². The molecule has 0 unspecified atom stereocenters. The summed E-state index contributed by atoms with van der Waals surface area (Å²) in [7, 11) is 0. The number of hydrogen-bond acceptors (Lipinski definition) is 7. The predicted molar refractivity (Wildman–Crippen MR) is 125 cm³/mol. The van der Waals surface area contributed by atoms with E-state index in [4.69, 9.17) is 9.47 Å². The second-order valence-electron chi connectivity index (χ2n) is 8.04. The smallest absolute Gasteiger partial charge is 0.336 e. The SMILES string of the molecule is CCOC(=O)C1=C(C)NC2=C(C(=O)[C@@H](C(=O)OCC)[C@@H](c3ccccc3)C2)[C@@H]1c1cccs1. The zero-order chi connectivity index (χ0) is 23.5. The lowest BCUT2D eigenvalue weighted by molar-refractivity contribution is -0.152. The van der Waals surface area contributed by atoms with Gasteiger partial charge in [-0.15, -0.1) is 11.3 Å². The zero-order valence-electron chi connectivity index (χ0n) is 18.9. The van der Waals surface area contributed by atoms with Crippen molar-refractivity contribution in [1.29, 1.82) is 0 Å². The highest BCUT2D eigenvalue weighted by atomic mass is 32.1. The largest absolute Gasteiger partial charge is 0.465 e. The summed E-state index contributed by atoms with van der Waals surface area (Å²) in [6.45, 7) is 5.73. The van der Waals surface area contributed by atoms with Crippen LogP contribution in [0, 0.1) is 5.92 Å². The molecule has 1 N–H and O–H groups in total. The van der Waals surface area contributed by atoms with E-state index in [0.717, 1.165) is 16.1 Å². The van der Waals surface area contributed by atoms with E-state index in [1.54, 1.807) is 13.8 Å². The molecule has 2 aromatic rings. The van der Waals surface area contributed by atoms with Crippen LogP contribution < -0.4 is 5.32 Å². The number of carbonyl (C=O) groups is 3. The van der Waals surface area contributed by atoms with Crippen molar-refractivity contribution in [3.05, 3.63) is 80.8 Å². The van der Waals surface area contributed by atoms with Crippen molar-refractivity contribution in [3.8, 4) is 0 Å². The Morgan fingerprint density at radius 3 is 2.42 bits per heavy atom. The standard InChI is InChI=1S/C26H27NO5S/c1-4-31-25(29)20-15(3)27-18-14-17(16-10-7-6-8-11-16)21(26(30)32-5-2)24(28)22(18)23(20)19-12-9-13-33-19/h6-13,17,21,23,27H,4-5,14H2,1-3H3/t17-,21+,23-/m1/s1. The van der Waals surface area contributed by atoms with E-state index in [-0.39, 0.29) is 24.9 Å². The number of hydrogen-bond donors (Lipinski definition) is 1. The Hall–Kier alpha value is -3.19. The third-order valence-electron chi connectivity index (χ3n) is 6.11. The van der Waals surface area contributed by atoms with Crippen LogP contribution in [-0.4, -0.2) is 30.9 Å². The number of benzene rings is 1. The number of allylic oxidation sites excluding steroid dienone is 3. The number of carbonyl (C=O) groups excluding carboxylic acids is 3. The van der Waals surface area contributed by atoms with E-state index >= 15 is 0 Å². The van der Waals surface area contributed by atoms with Gasteiger partial charge in [0, 0.05) is 27.8 Å². The fourth-order valence-corrected chi connectivity index (χ4v) is 5.61. The second kappa shape index (κ2) is 9.75. The Morgan fingerprint density at radius 2 is 1.79 bits per heavy atom. The summed E-state index contributed by atoms with van der Waals surface area (Å²) in [5, 5.41) is 5.23. The predicted octanol–water partition coefficient (Wildman–Crippen LogP) is 4.46. The molecule has 2 heterocycles. The molecule has 0 bridgehead atoms. The average Bonchev–Trinajstić information content (AvgIpc) is 3.33. The third kappa shape index (κ3) is 4.25. The number of ketones is 1. The van der Waals surface area contributed by atoms with Gasteiger partial charge in [0.2, 0.25) is 0 Å². The van der Waals surface area contributed by atoms with Crippen LogP contribution in [0.2, 0.25) is 0 Å². The van der Waals surface area contributed by atoms with Crippen molar-refractivity contribution in [1.82, 2.24) is 5.32 Å². The topological polar surface area (TPSA) is 81.7 Å². The summed E-state index contributed by atoms with van der Waals surface area (Å²) in [4.78, 5) is 40.9. The fraction of sp³-hybridized carbons (Fsp3) is 0.346. The van der Waals surface area contributed by atoms with Crippen molar-refractivity contribution in [3.63, 3.8) is 0 Å². The molecule has 0 spiro atoms. The van der Waals surface area contributed by atoms with Gasteiger partial charge in [0.1, 0.15) is 5.92 Å². The number of dihydropyridines is 1. The Kier molecular flexibility index (Phi) is 6.79. The quantitative estimate of drug-likeness (QED) is 0.501. The highest BCUT2D eigenvalue weighted by Gasteiger charge is 2.49. The van der Waals surface area contributed by atoms with Crippen molar-refractivity contribution >= 4 is 29.1 Å². The molecule has 4 rings (SSSR count). The number of esters is 2. The molecule has 2 aliphatic rings. The summed E-state index contributed by atoms with van der Waals surface area (Å²) < 4.78 is 10.7. The molecule has 33 heavy (non-hydrogen) atoms. The van der Waals surface area contributed by atoms with Crippen LogP contribution in [0.5, 0.6) is 0 Å². The number of nitrogens with one attached hydrogen (secondary N) is 1. The molecular formula is C26H27NO5S. The minimum Gasteiger partial charge on any atom is -0.465 e. The van der Waals surface area contributed by atoms with E-state index in [0.29, 0.717) is 23.3 Å². The van der Waals surface area contributed by atoms with Gasteiger partial charge < -0.3 is 14.8 Å². The maximum Gasteiger partial charge on any atom is 0.336 e. The maximum atomic E-state index is 14.0. The second-order valence-corrected chi connectivity index (χ2v) is 9.02. The number of rotatable bonds is 6. The van der Waals surface area contributed by atoms with Gasteiger partial charge in [-0.1, -0.05) is 36.4 Å². The fourth-order valence-electron chi connectivity index (χ4n) is 4.77. The molecular weight excluding hydrogens is 438 g/mol. The van der Waals surface area contributed by atoms with Crippen LogP contribution >= 0.6 is 11.3 Å². The number of thiophene rings is 1. The van der Waals surface area contributed by atoms with Gasteiger partial charge in [-0.3, -0.25) is 9.59 Å². The van der Waals surface area contributed by atoms with Crippen LogP contribution in [0.25, 0.3) is 0 Å². The van der Waals surface area contributed by atoms with Crippen LogP contribution in [0.4, 0.5) is 0 Å². The molecule has 172 valence electrons. The minimum absolute atomic E-state index is 0.190. The first-order valence-corrected chi connectivity index (χ1v) is 12.0. The molecule has 1 aromatic heterocycles. The first-order valence-electron chi connectivity index (χ1n) is 11.1. The van der Waals surface area contributed by atoms with Gasteiger partial charge in [0.05, 0.1) is 24.7 Å². The minimum atomic E-state index is -0.975. The van der Waals surface area contributed by atoms with Crippen LogP contribution in [0.3, 0.4) is 0 Å². The molecule has 6 nitrogen and oxygen atoms in total. The van der Waals surface area contributed by atoms with Crippen LogP contribution in [0.1, 0.15) is 49.5 Å². The van der Waals surface area contributed by atoms with Gasteiger partial charge >= 0.3 is 11.9 Å².